The van der Waals surface area contributed by atoms with Gasteiger partial charge >= 0.3 is 0 Å². The van der Waals surface area contributed by atoms with Gasteiger partial charge in [0, 0.05) is 37.4 Å². The Hall–Kier alpha value is -0.200. The minimum Gasteiger partial charge on any atom is -0.355 e. The number of ketones is 1. The molecule has 0 rings (SSSR count). The van der Waals surface area contributed by atoms with Gasteiger partial charge in [0.15, 0.2) is 0 Å². The molecule has 0 heterocycles. The van der Waals surface area contributed by atoms with Gasteiger partial charge in [0.25, 0.3) is 0 Å². The average molecular weight is 280 g/mol. The summed E-state index contributed by atoms with van der Waals surface area (Å²) in [7, 11) is 1.91. The highest BCUT2D eigenvalue weighted by Crippen LogP contribution is 1.95. The predicted octanol–water partition coefficient (Wildman–Crippen LogP) is 0.927. The fraction of sp³-hybridized carbons (Fsp3) is 0.818. The molecule has 0 aliphatic heterocycles. The molecule has 0 aliphatic carbocycles. The molecular weight excluding hydrogens is 256 g/mol. The lowest BCUT2D eigenvalue weighted by Crippen LogP contribution is -2.24. The van der Waals surface area contributed by atoms with Crippen molar-refractivity contribution in [3.05, 3.63) is 0 Å². The van der Waals surface area contributed by atoms with Crippen molar-refractivity contribution in [3.63, 3.8) is 0 Å². The second-order valence-electron chi connectivity index (χ2n) is 3.46. The summed E-state index contributed by atoms with van der Waals surface area (Å²) >= 11 is 7.89. The van der Waals surface area contributed by atoms with Crippen molar-refractivity contribution >= 4 is 36.9 Å². The minimum atomic E-state index is 0.00491. The van der Waals surface area contributed by atoms with Crippen LogP contribution >= 0.6 is 25.3 Å². The Morgan fingerprint density at radius 2 is 1.65 bits per heavy atom. The molecule has 0 fully saturated rings. The van der Waals surface area contributed by atoms with Gasteiger partial charge in [0.05, 0.1) is 0 Å². The molecule has 0 aromatic heterocycles. The summed E-state index contributed by atoms with van der Waals surface area (Å²) in [4.78, 5) is 21.4. The van der Waals surface area contributed by atoms with Crippen LogP contribution in [0.2, 0.25) is 0 Å². The lowest BCUT2D eigenvalue weighted by atomic mass is 10.2. The van der Waals surface area contributed by atoms with Crippen LogP contribution in [0.15, 0.2) is 0 Å². The Balaban J connectivity index is 0. The summed E-state index contributed by atoms with van der Waals surface area (Å²) in [5.74, 6) is 1.72. The monoisotopic (exact) mass is 280 g/mol. The first-order chi connectivity index (χ1) is 8.08. The fourth-order valence-corrected chi connectivity index (χ4v) is 1.23. The van der Waals surface area contributed by atoms with Crippen LogP contribution in [0.25, 0.3) is 0 Å². The van der Waals surface area contributed by atoms with Crippen molar-refractivity contribution < 1.29 is 9.59 Å². The molecular formula is C11H24N2O2S2. The third kappa shape index (κ3) is 21.6. The van der Waals surface area contributed by atoms with E-state index < -0.39 is 0 Å². The topological polar surface area (TPSA) is 58.2 Å². The Labute approximate surface area is 115 Å². The third-order valence-electron chi connectivity index (χ3n) is 1.73. The van der Waals surface area contributed by atoms with Gasteiger partial charge in [0.2, 0.25) is 5.91 Å². The van der Waals surface area contributed by atoms with Gasteiger partial charge in [-0.25, -0.2) is 0 Å². The molecule has 0 radical (unpaired) electrons. The van der Waals surface area contributed by atoms with E-state index in [4.69, 9.17) is 0 Å². The van der Waals surface area contributed by atoms with Crippen LogP contribution in [0.3, 0.4) is 0 Å². The molecule has 0 aromatic carbocycles. The Morgan fingerprint density at radius 1 is 1.06 bits per heavy atom. The van der Waals surface area contributed by atoms with Crippen LogP contribution in [-0.2, 0) is 9.59 Å². The summed E-state index contributed by atoms with van der Waals surface area (Å²) in [5, 5.41) is 5.62. The zero-order valence-electron chi connectivity index (χ0n) is 10.7. The van der Waals surface area contributed by atoms with Crippen molar-refractivity contribution in [3.8, 4) is 0 Å². The fourth-order valence-electron chi connectivity index (χ4n) is 0.893. The van der Waals surface area contributed by atoms with Crippen LogP contribution in [0.5, 0.6) is 0 Å². The maximum absolute atomic E-state index is 10.9. The average Bonchev–Trinajstić information content (AvgIpc) is 2.28. The molecule has 0 saturated carbocycles. The van der Waals surface area contributed by atoms with Gasteiger partial charge in [0.1, 0.15) is 5.78 Å². The summed E-state index contributed by atoms with van der Waals surface area (Å²) in [6.07, 6.45) is 1.58. The molecule has 17 heavy (non-hydrogen) atoms. The van der Waals surface area contributed by atoms with Gasteiger partial charge in [-0.05, 0) is 20.4 Å². The normalized spacial score (nSPS) is 9.18. The van der Waals surface area contributed by atoms with E-state index in [0.717, 1.165) is 12.3 Å². The lowest BCUT2D eigenvalue weighted by Gasteiger charge is -2.01. The first-order valence-electron chi connectivity index (χ1n) is 5.70. The van der Waals surface area contributed by atoms with E-state index in [9.17, 15) is 9.59 Å². The molecule has 0 unspecified atom stereocenters. The standard InChI is InChI=1S/C8H15NO2S.C3H9NS/c1-7(10)3-2-4-8(11)9-5-6-12;1-4-2-3-5/h12H,2-6H2,1H3,(H,9,11);4-5H,2-3H2,1H3. The molecule has 0 aromatic rings. The number of amides is 1. The van der Waals surface area contributed by atoms with E-state index in [0.29, 0.717) is 31.6 Å². The van der Waals surface area contributed by atoms with Gasteiger partial charge in [-0.1, -0.05) is 0 Å². The predicted molar refractivity (Wildman–Crippen MR) is 79.2 cm³/mol. The van der Waals surface area contributed by atoms with Crippen molar-refractivity contribution in [2.45, 2.75) is 26.2 Å². The zero-order chi connectivity index (χ0) is 13.5. The third-order valence-corrected chi connectivity index (χ3v) is 2.18. The number of Topliss-reactive ketones (excluding diaryl/α,β-unsaturated/α-hetero) is 1. The second-order valence-corrected chi connectivity index (χ2v) is 4.35. The molecule has 2 N–H and O–H groups in total. The van der Waals surface area contributed by atoms with Crippen molar-refractivity contribution in [2.24, 2.45) is 0 Å². The molecule has 1 amide bonds. The summed E-state index contributed by atoms with van der Waals surface area (Å²) in [6, 6.07) is 0. The maximum atomic E-state index is 10.9. The van der Waals surface area contributed by atoms with Gasteiger partial charge in [-0.2, -0.15) is 25.3 Å². The summed E-state index contributed by atoms with van der Waals surface area (Å²) in [5.41, 5.74) is 0. The van der Waals surface area contributed by atoms with E-state index in [1.54, 1.807) is 0 Å². The van der Waals surface area contributed by atoms with E-state index in [2.05, 4.69) is 35.9 Å². The first kappa shape index (κ1) is 19.1. The van der Waals surface area contributed by atoms with Crippen LogP contribution in [0.1, 0.15) is 26.2 Å². The molecule has 4 nitrogen and oxygen atoms in total. The van der Waals surface area contributed by atoms with E-state index in [1.165, 1.54) is 6.92 Å². The SMILES string of the molecule is CC(=O)CCCC(=O)NCCS.CNCCS. The van der Waals surface area contributed by atoms with Crippen LogP contribution in [-0.4, -0.2) is 43.3 Å². The molecule has 0 aliphatic rings. The molecule has 0 spiro atoms. The minimum absolute atomic E-state index is 0.00491. The van der Waals surface area contributed by atoms with Gasteiger partial charge < -0.3 is 15.4 Å². The van der Waals surface area contributed by atoms with Crippen LogP contribution in [0, 0.1) is 0 Å². The number of rotatable bonds is 8. The van der Waals surface area contributed by atoms with E-state index in [-0.39, 0.29) is 11.7 Å². The number of hydrogen-bond acceptors (Lipinski definition) is 5. The quantitative estimate of drug-likeness (QED) is 0.500. The summed E-state index contributed by atoms with van der Waals surface area (Å²) in [6.45, 7) is 3.14. The molecule has 0 bridgehead atoms. The van der Waals surface area contributed by atoms with Gasteiger partial charge in [-0.15, -0.1) is 0 Å². The van der Waals surface area contributed by atoms with E-state index in [1.807, 2.05) is 7.05 Å². The highest BCUT2D eigenvalue weighted by Gasteiger charge is 2.00. The summed E-state index contributed by atoms with van der Waals surface area (Å²) < 4.78 is 0. The smallest absolute Gasteiger partial charge is 0.220 e. The second kappa shape index (κ2) is 15.8. The lowest BCUT2D eigenvalue weighted by molar-refractivity contribution is -0.121. The molecule has 0 atom stereocenters. The van der Waals surface area contributed by atoms with Crippen molar-refractivity contribution in [2.75, 3.05) is 31.6 Å². The van der Waals surface area contributed by atoms with E-state index >= 15 is 0 Å². The number of nitrogens with one attached hydrogen (secondary N) is 2. The Bertz CT molecular complexity index is 200. The molecule has 0 saturated heterocycles. The van der Waals surface area contributed by atoms with Gasteiger partial charge in [-0.3, -0.25) is 4.79 Å². The van der Waals surface area contributed by atoms with Crippen molar-refractivity contribution in [1.29, 1.82) is 0 Å². The number of carbonyl (C=O) groups is 2. The highest BCUT2D eigenvalue weighted by molar-refractivity contribution is 7.80. The number of carbonyl (C=O) groups excluding carboxylic acids is 2. The molecule has 102 valence electrons. The maximum Gasteiger partial charge on any atom is 0.220 e. The van der Waals surface area contributed by atoms with Crippen molar-refractivity contribution in [1.82, 2.24) is 10.6 Å². The van der Waals surface area contributed by atoms with Crippen LogP contribution in [0.4, 0.5) is 0 Å². The highest BCUT2D eigenvalue weighted by atomic mass is 32.1. The largest absolute Gasteiger partial charge is 0.355 e. The Morgan fingerprint density at radius 3 is 2.00 bits per heavy atom. The number of thiol groups is 2. The first-order valence-corrected chi connectivity index (χ1v) is 6.97. The number of hydrogen-bond donors (Lipinski definition) is 4. The van der Waals surface area contributed by atoms with Crippen LogP contribution < -0.4 is 10.6 Å². The zero-order valence-corrected chi connectivity index (χ0v) is 12.4. The Kier molecular flexibility index (Phi) is 17.8. The molecule has 6 heteroatoms.